The molecular weight excluding hydrogens is 376 g/mol. The van der Waals surface area contributed by atoms with Crippen LogP contribution in [0.2, 0.25) is 0 Å². The predicted octanol–water partition coefficient (Wildman–Crippen LogP) is 3.60. The number of ether oxygens (including phenoxy) is 2. The van der Waals surface area contributed by atoms with E-state index in [1.807, 2.05) is 42.5 Å². The van der Waals surface area contributed by atoms with Gasteiger partial charge in [0.25, 0.3) is 0 Å². The second-order valence-corrected chi connectivity index (χ2v) is 7.97. The summed E-state index contributed by atoms with van der Waals surface area (Å²) in [5.41, 5.74) is 0. The zero-order valence-corrected chi connectivity index (χ0v) is 16.9. The van der Waals surface area contributed by atoms with Gasteiger partial charge in [0.05, 0.1) is 18.8 Å². The minimum atomic E-state index is -0.591. The third kappa shape index (κ3) is 4.70. The van der Waals surface area contributed by atoms with Gasteiger partial charge in [-0.1, -0.05) is 24.3 Å². The topological polar surface area (TPSA) is 79.2 Å². The summed E-state index contributed by atoms with van der Waals surface area (Å²) in [5.74, 6) is 2.01. The SMILES string of the molecule is CC(O)COc1c2ccccc2c(OCC(C)O)c2cc(SCCO)ccc12. The summed E-state index contributed by atoms with van der Waals surface area (Å²) in [4.78, 5) is 1.01. The molecule has 0 spiro atoms. The van der Waals surface area contributed by atoms with Crippen molar-refractivity contribution in [2.45, 2.75) is 31.0 Å². The summed E-state index contributed by atoms with van der Waals surface area (Å²) in [6, 6.07) is 13.8. The molecule has 3 aromatic carbocycles. The van der Waals surface area contributed by atoms with Gasteiger partial charge in [0.15, 0.2) is 0 Å². The van der Waals surface area contributed by atoms with Gasteiger partial charge in [-0.15, -0.1) is 11.8 Å². The molecule has 0 aliphatic carbocycles. The van der Waals surface area contributed by atoms with E-state index in [2.05, 4.69) is 0 Å². The van der Waals surface area contributed by atoms with Gasteiger partial charge in [-0.2, -0.15) is 0 Å². The lowest BCUT2D eigenvalue weighted by Gasteiger charge is -2.19. The first-order valence-corrected chi connectivity index (χ1v) is 10.3. The molecule has 0 amide bonds. The van der Waals surface area contributed by atoms with Gasteiger partial charge in [-0.25, -0.2) is 0 Å². The number of thioether (sulfide) groups is 1. The van der Waals surface area contributed by atoms with Gasteiger partial charge in [0, 0.05) is 32.2 Å². The molecule has 3 N–H and O–H groups in total. The Hall–Kier alpha value is -1.99. The maximum absolute atomic E-state index is 9.72. The van der Waals surface area contributed by atoms with Crippen molar-refractivity contribution in [1.29, 1.82) is 0 Å². The molecule has 0 aliphatic heterocycles. The van der Waals surface area contributed by atoms with Crippen LogP contribution in [0.15, 0.2) is 47.4 Å². The van der Waals surface area contributed by atoms with Gasteiger partial charge < -0.3 is 24.8 Å². The number of rotatable bonds is 9. The maximum Gasteiger partial charge on any atom is 0.135 e. The predicted molar refractivity (Wildman–Crippen MR) is 114 cm³/mol. The van der Waals surface area contributed by atoms with Crippen LogP contribution in [0.1, 0.15) is 13.8 Å². The molecule has 2 atom stereocenters. The molecule has 28 heavy (non-hydrogen) atoms. The van der Waals surface area contributed by atoms with Gasteiger partial charge in [0.1, 0.15) is 24.7 Å². The van der Waals surface area contributed by atoms with Crippen LogP contribution in [0.4, 0.5) is 0 Å². The van der Waals surface area contributed by atoms with Gasteiger partial charge in [-0.3, -0.25) is 0 Å². The largest absolute Gasteiger partial charge is 0.490 e. The third-order valence-electron chi connectivity index (χ3n) is 4.19. The summed E-state index contributed by atoms with van der Waals surface area (Å²) >= 11 is 1.56. The Labute approximate surface area is 168 Å². The van der Waals surface area contributed by atoms with E-state index in [1.165, 1.54) is 0 Å². The molecule has 0 saturated carbocycles. The summed E-state index contributed by atoms with van der Waals surface area (Å²) in [6.07, 6.45) is -1.17. The fraction of sp³-hybridized carbons (Fsp3) is 0.364. The fourth-order valence-corrected chi connectivity index (χ4v) is 3.74. The normalized spacial score (nSPS) is 13.6. The van der Waals surface area contributed by atoms with E-state index >= 15 is 0 Å². The molecule has 5 nitrogen and oxygen atoms in total. The lowest BCUT2D eigenvalue weighted by Crippen LogP contribution is -2.14. The minimum absolute atomic E-state index is 0.106. The molecule has 0 radical (unpaired) electrons. The van der Waals surface area contributed by atoms with Crippen LogP contribution < -0.4 is 9.47 Å². The van der Waals surface area contributed by atoms with Crippen LogP contribution in [-0.2, 0) is 0 Å². The average Bonchev–Trinajstić information content (AvgIpc) is 2.68. The van der Waals surface area contributed by atoms with Crippen molar-refractivity contribution in [1.82, 2.24) is 0 Å². The van der Waals surface area contributed by atoms with Gasteiger partial charge >= 0.3 is 0 Å². The van der Waals surface area contributed by atoms with Crippen LogP contribution in [0.5, 0.6) is 11.5 Å². The smallest absolute Gasteiger partial charge is 0.135 e. The van der Waals surface area contributed by atoms with Crippen molar-refractivity contribution in [3.63, 3.8) is 0 Å². The molecule has 6 heteroatoms. The fourth-order valence-electron chi connectivity index (χ4n) is 3.05. The van der Waals surface area contributed by atoms with E-state index in [0.29, 0.717) is 17.3 Å². The Bertz CT molecular complexity index is 939. The molecule has 3 rings (SSSR count). The van der Waals surface area contributed by atoms with E-state index in [0.717, 1.165) is 26.4 Å². The van der Waals surface area contributed by atoms with E-state index in [4.69, 9.17) is 14.6 Å². The van der Waals surface area contributed by atoms with Crippen LogP contribution in [0, 0.1) is 0 Å². The van der Waals surface area contributed by atoms with Crippen molar-refractivity contribution in [3.8, 4) is 11.5 Å². The van der Waals surface area contributed by atoms with Crippen LogP contribution in [0.25, 0.3) is 21.5 Å². The minimum Gasteiger partial charge on any atom is -0.490 e. The summed E-state index contributed by atoms with van der Waals surface area (Å²) in [5, 5.41) is 32.1. The third-order valence-corrected chi connectivity index (χ3v) is 5.17. The highest BCUT2D eigenvalue weighted by molar-refractivity contribution is 7.99. The number of benzene rings is 3. The van der Waals surface area contributed by atoms with Gasteiger partial charge in [-0.05, 0) is 32.0 Å². The average molecular weight is 403 g/mol. The highest BCUT2D eigenvalue weighted by atomic mass is 32.2. The number of fused-ring (bicyclic) bond motifs is 2. The number of hydrogen-bond donors (Lipinski definition) is 3. The van der Waals surface area contributed by atoms with E-state index < -0.39 is 12.2 Å². The highest BCUT2D eigenvalue weighted by Crippen LogP contribution is 2.44. The first kappa shape index (κ1) is 20.7. The lowest BCUT2D eigenvalue weighted by molar-refractivity contribution is 0.123. The van der Waals surface area contributed by atoms with Crippen molar-refractivity contribution >= 4 is 33.3 Å². The van der Waals surface area contributed by atoms with Crippen molar-refractivity contribution in [2.75, 3.05) is 25.6 Å². The Balaban J connectivity index is 2.23. The Morgan fingerprint density at radius 1 is 0.821 bits per heavy atom. The molecule has 2 unspecified atom stereocenters. The van der Waals surface area contributed by atoms with Crippen molar-refractivity contribution in [2.24, 2.45) is 0 Å². The summed E-state index contributed by atoms with van der Waals surface area (Å²) < 4.78 is 12.0. The first-order valence-electron chi connectivity index (χ1n) is 9.35. The molecule has 3 aromatic rings. The maximum atomic E-state index is 9.72. The lowest BCUT2D eigenvalue weighted by atomic mass is 10.0. The van der Waals surface area contributed by atoms with Crippen LogP contribution >= 0.6 is 11.8 Å². The van der Waals surface area contributed by atoms with Gasteiger partial charge in [0.2, 0.25) is 0 Å². The summed E-state index contributed by atoms with van der Waals surface area (Å²) in [6.45, 7) is 3.85. The standard InChI is InChI=1S/C22H26O5S/c1-14(24)12-26-21-17-5-3-4-6-18(17)22(27-13-15(2)25)20-11-16(28-10-9-23)7-8-19(20)21/h3-8,11,14-15,23-25H,9-10,12-13H2,1-2H3. The Morgan fingerprint density at radius 3 is 1.89 bits per heavy atom. The van der Waals surface area contributed by atoms with Crippen molar-refractivity contribution in [3.05, 3.63) is 42.5 Å². The molecule has 0 fully saturated rings. The zero-order valence-electron chi connectivity index (χ0n) is 16.1. The number of hydrogen-bond acceptors (Lipinski definition) is 6. The number of aliphatic hydroxyl groups is 3. The molecule has 150 valence electrons. The molecule has 0 aromatic heterocycles. The second-order valence-electron chi connectivity index (χ2n) is 6.80. The monoisotopic (exact) mass is 402 g/mol. The second kappa shape index (κ2) is 9.47. The van der Waals surface area contributed by atoms with Crippen molar-refractivity contribution < 1.29 is 24.8 Å². The zero-order chi connectivity index (χ0) is 20.1. The highest BCUT2D eigenvalue weighted by Gasteiger charge is 2.17. The van der Waals surface area contributed by atoms with E-state index in [1.54, 1.807) is 25.6 Å². The Kier molecular flexibility index (Phi) is 7.02. The quantitative estimate of drug-likeness (QED) is 0.375. The summed E-state index contributed by atoms with van der Waals surface area (Å²) in [7, 11) is 0. The molecule has 0 saturated heterocycles. The van der Waals surface area contributed by atoms with E-state index in [-0.39, 0.29) is 19.8 Å². The first-order chi connectivity index (χ1) is 13.5. The molecule has 0 bridgehead atoms. The molecule has 0 heterocycles. The molecule has 0 aliphatic rings. The molecular formula is C22H26O5S. The van der Waals surface area contributed by atoms with Crippen LogP contribution in [0.3, 0.4) is 0 Å². The Morgan fingerprint density at radius 2 is 1.36 bits per heavy atom. The number of aliphatic hydroxyl groups excluding tert-OH is 3. The van der Waals surface area contributed by atoms with Crippen LogP contribution in [-0.4, -0.2) is 53.1 Å². The van der Waals surface area contributed by atoms with E-state index in [9.17, 15) is 10.2 Å².